The molecule has 3 nitrogen and oxygen atoms in total. The van der Waals surface area contributed by atoms with Crippen LogP contribution in [0.4, 0.5) is 0 Å². The van der Waals surface area contributed by atoms with Gasteiger partial charge in [-0.05, 0) is 40.8 Å². The predicted octanol–water partition coefficient (Wildman–Crippen LogP) is 5.73. The predicted molar refractivity (Wildman–Crippen MR) is 105 cm³/mol. The Kier molecular flexibility index (Phi) is 4.38. The van der Waals surface area contributed by atoms with E-state index in [-0.39, 0.29) is 0 Å². The van der Waals surface area contributed by atoms with Crippen molar-refractivity contribution < 1.29 is 0 Å². The van der Waals surface area contributed by atoms with Crippen LogP contribution in [0.1, 0.15) is 0 Å². The van der Waals surface area contributed by atoms with E-state index in [1.807, 2.05) is 30.5 Å². The van der Waals surface area contributed by atoms with Crippen LogP contribution in [0.3, 0.4) is 0 Å². The van der Waals surface area contributed by atoms with Crippen LogP contribution in [0.25, 0.3) is 33.2 Å². The molecule has 0 fully saturated rings. The Morgan fingerprint density at radius 3 is 2.36 bits per heavy atom. The number of pyridine rings is 1. The normalized spacial score (nSPS) is 11.0. The van der Waals surface area contributed by atoms with Crippen molar-refractivity contribution in [3.63, 3.8) is 0 Å². The largest absolute Gasteiger partial charge is 0.265 e. The first-order valence-corrected chi connectivity index (χ1v) is 9.37. The number of rotatable bonds is 3. The van der Waals surface area contributed by atoms with Crippen molar-refractivity contribution in [1.82, 2.24) is 15.0 Å². The van der Waals surface area contributed by atoms with Gasteiger partial charge in [0.25, 0.3) is 0 Å². The van der Waals surface area contributed by atoms with E-state index in [1.165, 1.54) is 17.1 Å². The van der Waals surface area contributed by atoms with Gasteiger partial charge in [0.1, 0.15) is 5.15 Å². The van der Waals surface area contributed by atoms with Crippen molar-refractivity contribution in [2.75, 3.05) is 6.26 Å². The van der Waals surface area contributed by atoms with Crippen molar-refractivity contribution in [2.24, 2.45) is 0 Å². The fourth-order valence-electron chi connectivity index (χ4n) is 2.82. The Balaban J connectivity index is 1.99. The van der Waals surface area contributed by atoms with Gasteiger partial charge < -0.3 is 0 Å². The van der Waals surface area contributed by atoms with E-state index < -0.39 is 0 Å². The first-order valence-electron chi connectivity index (χ1n) is 7.77. The van der Waals surface area contributed by atoms with Gasteiger partial charge >= 0.3 is 0 Å². The van der Waals surface area contributed by atoms with Gasteiger partial charge in [-0.1, -0.05) is 59.8 Å². The van der Waals surface area contributed by atoms with Crippen molar-refractivity contribution >= 4 is 34.1 Å². The third-order valence-electron chi connectivity index (χ3n) is 4.02. The maximum absolute atomic E-state index is 6.57. The van der Waals surface area contributed by atoms with Crippen molar-refractivity contribution in [3.05, 3.63) is 72.1 Å². The molecule has 4 aromatic rings. The van der Waals surface area contributed by atoms with Gasteiger partial charge in [-0.15, -0.1) is 0 Å². The zero-order chi connectivity index (χ0) is 17.2. The minimum absolute atomic E-state index is 0.460. The van der Waals surface area contributed by atoms with Gasteiger partial charge in [0.15, 0.2) is 5.16 Å². The Hall–Kier alpha value is -2.43. The minimum atomic E-state index is 0.460. The topological polar surface area (TPSA) is 38.7 Å². The Morgan fingerprint density at radius 2 is 1.60 bits per heavy atom. The molecule has 0 radical (unpaired) electrons. The van der Waals surface area contributed by atoms with Crippen LogP contribution in [0.2, 0.25) is 5.15 Å². The van der Waals surface area contributed by atoms with E-state index in [1.54, 1.807) is 12.4 Å². The van der Waals surface area contributed by atoms with Crippen molar-refractivity contribution in [1.29, 1.82) is 0 Å². The molecule has 25 heavy (non-hydrogen) atoms. The molecule has 2 aromatic heterocycles. The molecule has 0 unspecified atom stereocenters. The summed E-state index contributed by atoms with van der Waals surface area (Å²) in [6, 6.07) is 18.4. The summed E-state index contributed by atoms with van der Waals surface area (Å²) < 4.78 is 0. The van der Waals surface area contributed by atoms with E-state index in [2.05, 4.69) is 40.3 Å². The van der Waals surface area contributed by atoms with Gasteiger partial charge in [-0.25, -0.2) is 9.97 Å². The van der Waals surface area contributed by atoms with Gasteiger partial charge in [0.2, 0.25) is 0 Å². The molecule has 0 N–H and O–H groups in total. The summed E-state index contributed by atoms with van der Waals surface area (Å²) in [6.07, 6.45) is 5.46. The number of fused-ring (bicyclic) bond motifs is 1. The zero-order valence-electron chi connectivity index (χ0n) is 13.5. The highest BCUT2D eigenvalue weighted by molar-refractivity contribution is 7.98. The second-order valence-electron chi connectivity index (χ2n) is 5.52. The highest BCUT2D eigenvalue weighted by atomic mass is 35.5. The second-order valence-corrected chi connectivity index (χ2v) is 6.65. The summed E-state index contributed by atoms with van der Waals surface area (Å²) in [5.74, 6) is 0. The van der Waals surface area contributed by atoms with Crippen molar-refractivity contribution in [3.8, 4) is 22.4 Å². The van der Waals surface area contributed by atoms with Gasteiger partial charge in [-0.2, -0.15) is 0 Å². The number of nitrogens with zero attached hydrogens (tertiary/aromatic N) is 3. The van der Waals surface area contributed by atoms with Crippen LogP contribution in [0, 0.1) is 0 Å². The minimum Gasteiger partial charge on any atom is -0.265 e. The molecule has 2 aromatic carbocycles. The molecule has 0 aliphatic rings. The average Bonchev–Trinajstić information content (AvgIpc) is 2.67. The Morgan fingerprint density at radius 1 is 0.840 bits per heavy atom. The van der Waals surface area contributed by atoms with E-state index in [9.17, 15) is 0 Å². The molecular weight excluding hydrogens is 350 g/mol. The molecule has 0 saturated heterocycles. The summed E-state index contributed by atoms with van der Waals surface area (Å²) in [5.41, 5.74) is 3.64. The fourth-order valence-corrected chi connectivity index (χ4v) is 3.52. The molecule has 5 heteroatoms. The molecule has 0 atom stereocenters. The van der Waals surface area contributed by atoms with Gasteiger partial charge in [0.05, 0.1) is 5.69 Å². The summed E-state index contributed by atoms with van der Waals surface area (Å²) in [6.45, 7) is 0. The summed E-state index contributed by atoms with van der Waals surface area (Å²) in [4.78, 5) is 13.3. The molecule has 0 aliphatic carbocycles. The molecule has 0 amide bonds. The maximum atomic E-state index is 6.57. The lowest BCUT2D eigenvalue weighted by Gasteiger charge is -2.13. The molecular formula is C20H14ClN3S. The van der Waals surface area contributed by atoms with Crippen LogP contribution in [0.5, 0.6) is 0 Å². The standard InChI is InChI=1S/C20H14ClN3S/c1-25-20-23-18(14-8-10-22-11-9-14)17(19(21)24-20)16-7-6-13-4-2-3-5-15(13)12-16/h2-12H,1H3. The molecule has 4 rings (SSSR count). The summed E-state index contributed by atoms with van der Waals surface area (Å²) in [7, 11) is 0. The van der Waals surface area contributed by atoms with E-state index in [0.717, 1.165) is 27.8 Å². The Bertz CT molecular complexity index is 1050. The van der Waals surface area contributed by atoms with Crippen molar-refractivity contribution in [2.45, 2.75) is 5.16 Å². The van der Waals surface area contributed by atoms with Crippen LogP contribution in [-0.2, 0) is 0 Å². The monoisotopic (exact) mass is 363 g/mol. The lowest BCUT2D eigenvalue weighted by Crippen LogP contribution is -1.97. The van der Waals surface area contributed by atoms with E-state index in [0.29, 0.717) is 10.3 Å². The number of benzene rings is 2. The third-order valence-corrected chi connectivity index (χ3v) is 4.84. The zero-order valence-corrected chi connectivity index (χ0v) is 15.1. The molecule has 0 aliphatic heterocycles. The number of hydrogen-bond acceptors (Lipinski definition) is 4. The van der Waals surface area contributed by atoms with Gasteiger partial charge in [-0.3, -0.25) is 4.98 Å². The van der Waals surface area contributed by atoms with Crippen LogP contribution in [-0.4, -0.2) is 21.2 Å². The molecule has 0 saturated carbocycles. The molecule has 2 heterocycles. The average molecular weight is 364 g/mol. The second kappa shape index (κ2) is 6.82. The van der Waals surface area contributed by atoms with E-state index >= 15 is 0 Å². The molecule has 122 valence electrons. The van der Waals surface area contributed by atoms with Crippen LogP contribution < -0.4 is 0 Å². The highest BCUT2D eigenvalue weighted by Gasteiger charge is 2.17. The van der Waals surface area contributed by atoms with Crippen LogP contribution in [0.15, 0.2) is 72.1 Å². The first kappa shape index (κ1) is 16.1. The first-order chi connectivity index (χ1) is 12.3. The van der Waals surface area contributed by atoms with Crippen LogP contribution >= 0.6 is 23.4 Å². The molecule has 0 spiro atoms. The Labute approximate surface area is 155 Å². The number of aromatic nitrogens is 3. The lowest BCUT2D eigenvalue weighted by atomic mass is 9.98. The SMILES string of the molecule is CSc1nc(Cl)c(-c2ccc3ccccc3c2)c(-c2ccncc2)n1. The quantitative estimate of drug-likeness (QED) is 0.264. The number of hydrogen-bond donors (Lipinski definition) is 0. The van der Waals surface area contributed by atoms with Gasteiger partial charge in [0, 0.05) is 23.5 Å². The summed E-state index contributed by atoms with van der Waals surface area (Å²) >= 11 is 8.04. The summed E-state index contributed by atoms with van der Waals surface area (Å²) in [5, 5.41) is 3.46. The fraction of sp³-hybridized carbons (Fsp3) is 0.0500. The number of halogens is 1. The van der Waals surface area contributed by atoms with E-state index in [4.69, 9.17) is 16.6 Å². The molecule has 0 bridgehead atoms. The number of thioether (sulfide) groups is 1. The maximum Gasteiger partial charge on any atom is 0.189 e. The third kappa shape index (κ3) is 3.11. The highest BCUT2D eigenvalue weighted by Crippen LogP contribution is 2.37. The smallest absolute Gasteiger partial charge is 0.189 e. The lowest BCUT2D eigenvalue weighted by molar-refractivity contribution is 0.979.